The van der Waals surface area contributed by atoms with Gasteiger partial charge in [-0.25, -0.2) is 0 Å². The third-order valence-electron chi connectivity index (χ3n) is 2.95. The van der Waals surface area contributed by atoms with Crippen molar-refractivity contribution in [1.82, 2.24) is 4.90 Å². The minimum Gasteiger partial charge on any atom is -0.334 e. The molecule has 0 saturated heterocycles. The second-order valence-corrected chi connectivity index (χ2v) is 6.75. The largest absolute Gasteiger partial charge is 0.334 e. The van der Waals surface area contributed by atoms with Crippen LogP contribution in [-0.2, 0) is 11.3 Å². The van der Waals surface area contributed by atoms with Crippen molar-refractivity contribution in [2.75, 3.05) is 0 Å². The van der Waals surface area contributed by atoms with E-state index in [4.69, 9.17) is 23.2 Å². The molecule has 0 radical (unpaired) electrons. The van der Waals surface area contributed by atoms with E-state index < -0.39 is 0 Å². The maximum Gasteiger partial charge on any atom is 0.236 e. The first kappa shape index (κ1) is 14.2. The molecule has 0 heterocycles. The Kier molecular flexibility index (Phi) is 4.57. The first-order chi connectivity index (χ1) is 8.49. The molecule has 2 rings (SSSR count). The lowest BCUT2D eigenvalue weighted by Gasteiger charge is -2.24. The van der Waals surface area contributed by atoms with Crippen molar-refractivity contribution in [3.8, 4) is 0 Å². The van der Waals surface area contributed by atoms with Crippen LogP contribution in [0.25, 0.3) is 0 Å². The van der Waals surface area contributed by atoms with Gasteiger partial charge in [0.25, 0.3) is 0 Å². The second kappa shape index (κ2) is 5.81. The number of nitrogens with zero attached hydrogens (tertiary/aromatic N) is 1. The zero-order valence-electron chi connectivity index (χ0n) is 10.00. The van der Waals surface area contributed by atoms with Crippen molar-refractivity contribution >= 4 is 45.0 Å². The molecule has 0 aromatic heterocycles. The van der Waals surface area contributed by atoms with E-state index in [1.54, 1.807) is 6.07 Å². The summed E-state index contributed by atoms with van der Waals surface area (Å²) >= 11 is 15.2. The minimum absolute atomic E-state index is 0.128. The van der Waals surface area contributed by atoms with E-state index in [1.807, 2.05) is 24.0 Å². The van der Waals surface area contributed by atoms with E-state index in [9.17, 15) is 4.79 Å². The second-order valence-electron chi connectivity index (χ2n) is 4.56. The van der Waals surface area contributed by atoms with Gasteiger partial charge in [0.05, 0.1) is 14.9 Å². The molecule has 1 aliphatic carbocycles. The highest BCUT2D eigenvalue weighted by atomic mass is 79.9. The number of carbonyl (C=O) groups excluding carboxylic acids is 1. The molecule has 1 unspecified atom stereocenters. The average Bonchev–Trinajstić information content (AvgIpc) is 3.13. The zero-order chi connectivity index (χ0) is 13.3. The van der Waals surface area contributed by atoms with Crippen molar-refractivity contribution < 1.29 is 4.79 Å². The number of rotatable bonds is 4. The molecule has 2 nitrogen and oxygen atoms in total. The quantitative estimate of drug-likeness (QED) is 0.742. The Labute approximate surface area is 125 Å². The summed E-state index contributed by atoms with van der Waals surface area (Å²) in [6.45, 7) is 2.45. The molecule has 1 aliphatic rings. The Bertz CT molecular complexity index is 460. The van der Waals surface area contributed by atoms with Crippen LogP contribution < -0.4 is 0 Å². The molecular formula is C13H14BrCl2NO. The third-order valence-corrected chi connectivity index (χ3v) is 4.08. The van der Waals surface area contributed by atoms with E-state index in [0.717, 1.165) is 18.4 Å². The monoisotopic (exact) mass is 349 g/mol. The molecule has 1 aromatic rings. The summed E-state index contributed by atoms with van der Waals surface area (Å²) in [4.78, 5) is 13.9. The van der Waals surface area contributed by atoms with Gasteiger partial charge in [-0.05, 0) is 37.5 Å². The van der Waals surface area contributed by atoms with Gasteiger partial charge < -0.3 is 4.90 Å². The van der Waals surface area contributed by atoms with Gasteiger partial charge in [0.1, 0.15) is 0 Å². The van der Waals surface area contributed by atoms with Gasteiger partial charge in [0, 0.05) is 12.6 Å². The summed E-state index contributed by atoms with van der Waals surface area (Å²) in [6, 6.07) is 5.89. The number of benzene rings is 1. The molecule has 1 amide bonds. The summed E-state index contributed by atoms with van der Waals surface area (Å²) in [5.74, 6) is 0.128. The van der Waals surface area contributed by atoms with Crippen LogP contribution in [0.5, 0.6) is 0 Å². The third kappa shape index (κ3) is 3.40. The molecule has 0 aliphatic heterocycles. The van der Waals surface area contributed by atoms with Crippen LogP contribution >= 0.6 is 39.1 Å². The smallest absolute Gasteiger partial charge is 0.236 e. The maximum absolute atomic E-state index is 12.1. The molecule has 0 spiro atoms. The van der Waals surface area contributed by atoms with Gasteiger partial charge in [0.15, 0.2) is 0 Å². The SMILES string of the molecule is CC(Br)C(=O)N(Cc1ccc(Cl)c(Cl)c1)C1CC1. The lowest BCUT2D eigenvalue weighted by Crippen LogP contribution is -2.36. The summed E-state index contributed by atoms with van der Waals surface area (Å²) in [5, 5.41) is 1.07. The fraction of sp³-hybridized carbons (Fsp3) is 0.462. The highest BCUT2D eigenvalue weighted by Crippen LogP contribution is 2.31. The fourth-order valence-electron chi connectivity index (χ4n) is 1.84. The first-order valence-electron chi connectivity index (χ1n) is 5.87. The normalized spacial score (nSPS) is 16.4. The summed E-state index contributed by atoms with van der Waals surface area (Å²) < 4.78 is 0. The highest BCUT2D eigenvalue weighted by molar-refractivity contribution is 9.10. The molecule has 98 valence electrons. The van der Waals surface area contributed by atoms with Crippen LogP contribution in [0, 0.1) is 0 Å². The van der Waals surface area contributed by atoms with Crippen LogP contribution in [0.4, 0.5) is 0 Å². The van der Waals surface area contributed by atoms with Gasteiger partial charge in [-0.15, -0.1) is 0 Å². The predicted octanol–water partition coefficient (Wildman–Crippen LogP) is 4.27. The summed E-state index contributed by atoms with van der Waals surface area (Å²) in [6.07, 6.45) is 2.18. The minimum atomic E-state index is -0.152. The van der Waals surface area contributed by atoms with Crippen molar-refractivity contribution in [3.63, 3.8) is 0 Å². The molecule has 0 bridgehead atoms. The van der Waals surface area contributed by atoms with Crippen molar-refractivity contribution in [2.45, 2.75) is 37.2 Å². The topological polar surface area (TPSA) is 20.3 Å². The Morgan fingerprint density at radius 1 is 1.44 bits per heavy atom. The van der Waals surface area contributed by atoms with Crippen LogP contribution in [0.1, 0.15) is 25.3 Å². The molecule has 1 atom stereocenters. The van der Waals surface area contributed by atoms with Gasteiger partial charge in [0.2, 0.25) is 5.91 Å². The molecule has 1 saturated carbocycles. The predicted molar refractivity (Wildman–Crippen MR) is 78.4 cm³/mol. The fourth-order valence-corrected chi connectivity index (χ4v) is 2.42. The highest BCUT2D eigenvalue weighted by Gasteiger charge is 2.33. The Morgan fingerprint density at radius 3 is 2.61 bits per heavy atom. The van der Waals surface area contributed by atoms with Crippen LogP contribution in [0.15, 0.2) is 18.2 Å². The number of amides is 1. The molecule has 1 fully saturated rings. The zero-order valence-corrected chi connectivity index (χ0v) is 13.1. The number of halogens is 3. The van der Waals surface area contributed by atoms with Crippen molar-refractivity contribution in [3.05, 3.63) is 33.8 Å². The Hall–Kier alpha value is -0.250. The standard InChI is InChI=1S/C13H14BrCl2NO/c1-8(14)13(18)17(10-3-4-10)7-9-2-5-11(15)12(16)6-9/h2,5-6,8,10H,3-4,7H2,1H3. The molecule has 0 N–H and O–H groups in total. The van der Waals surface area contributed by atoms with Crippen molar-refractivity contribution in [1.29, 1.82) is 0 Å². The average molecular weight is 351 g/mol. The van der Waals surface area contributed by atoms with E-state index in [0.29, 0.717) is 22.6 Å². The maximum atomic E-state index is 12.1. The lowest BCUT2D eigenvalue weighted by atomic mass is 10.2. The van der Waals surface area contributed by atoms with Crippen LogP contribution in [-0.4, -0.2) is 21.7 Å². The number of hydrogen-bond acceptors (Lipinski definition) is 1. The van der Waals surface area contributed by atoms with E-state index in [-0.39, 0.29) is 10.7 Å². The molecular weight excluding hydrogens is 337 g/mol. The van der Waals surface area contributed by atoms with E-state index in [2.05, 4.69) is 15.9 Å². The van der Waals surface area contributed by atoms with Crippen molar-refractivity contribution in [2.24, 2.45) is 0 Å². The number of alkyl halides is 1. The van der Waals surface area contributed by atoms with Gasteiger partial charge in [-0.3, -0.25) is 4.79 Å². The number of carbonyl (C=O) groups is 1. The van der Waals surface area contributed by atoms with E-state index in [1.165, 1.54) is 0 Å². The van der Waals surface area contributed by atoms with Crippen LogP contribution in [0.3, 0.4) is 0 Å². The van der Waals surface area contributed by atoms with Crippen LogP contribution in [0.2, 0.25) is 10.0 Å². The van der Waals surface area contributed by atoms with Gasteiger partial charge in [-0.2, -0.15) is 0 Å². The molecule has 1 aromatic carbocycles. The number of hydrogen-bond donors (Lipinski definition) is 0. The van der Waals surface area contributed by atoms with Gasteiger partial charge in [-0.1, -0.05) is 45.2 Å². The van der Waals surface area contributed by atoms with E-state index >= 15 is 0 Å². The Morgan fingerprint density at radius 2 is 2.11 bits per heavy atom. The lowest BCUT2D eigenvalue weighted by molar-refractivity contribution is -0.131. The summed E-state index contributed by atoms with van der Waals surface area (Å²) in [7, 11) is 0. The summed E-state index contributed by atoms with van der Waals surface area (Å²) in [5.41, 5.74) is 1.01. The Balaban J connectivity index is 2.13. The molecule has 5 heteroatoms. The first-order valence-corrected chi connectivity index (χ1v) is 7.54. The van der Waals surface area contributed by atoms with Gasteiger partial charge >= 0.3 is 0 Å². The molecule has 18 heavy (non-hydrogen) atoms.